The second-order valence-corrected chi connectivity index (χ2v) is 5.99. The number of rotatable bonds is 4. The zero-order valence-corrected chi connectivity index (χ0v) is 15.0. The number of halogens is 2. The lowest BCUT2D eigenvalue weighted by Crippen LogP contribution is -2.22. The fourth-order valence-electron chi connectivity index (χ4n) is 2.41. The molecule has 3 aromatic rings. The van der Waals surface area contributed by atoms with Crippen molar-refractivity contribution >= 4 is 46.0 Å². The van der Waals surface area contributed by atoms with Crippen LogP contribution >= 0.6 is 23.2 Å². The van der Waals surface area contributed by atoms with E-state index in [-0.39, 0.29) is 21.2 Å². The van der Waals surface area contributed by atoms with Crippen LogP contribution in [0.15, 0.2) is 48.9 Å². The summed E-state index contributed by atoms with van der Waals surface area (Å²) in [6, 6.07) is 7.85. The molecule has 0 radical (unpaired) electrons. The number of hydrogen-bond acceptors (Lipinski definition) is 6. The van der Waals surface area contributed by atoms with Gasteiger partial charge in [0.15, 0.2) is 0 Å². The van der Waals surface area contributed by atoms with Crippen molar-refractivity contribution in [2.45, 2.75) is 6.10 Å². The monoisotopic (exact) mass is 390 g/mol. The molecule has 0 saturated heterocycles. The first-order chi connectivity index (χ1) is 12.5. The largest absolute Gasteiger partial charge is 0.466 e. The molecular weight excluding hydrogens is 379 g/mol. The van der Waals surface area contributed by atoms with Gasteiger partial charge in [-0.15, -0.1) is 0 Å². The Kier molecular flexibility index (Phi) is 5.35. The maximum absolute atomic E-state index is 12.7. The summed E-state index contributed by atoms with van der Waals surface area (Å²) in [7, 11) is 1.19. The minimum atomic E-state index is -1.36. The maximum atomic E-state index is 12.7. The summed E-state index contributed by atoms with van der Waals surface area (Å²) >= 11 is 12.2. The van der Waals surface area contributed by atoms with Gasteiger partial charge >= 0.3 is 11.9 Å². The highest BCUT2D eigenvalue weighted by Crippen LogP contribution is 2.33. The van der Waals surface area contributed by atoms with Gasteiger partial charge in [-0.25, -0.2) is 9.59 Å². The zero-order valence-electron chi connectivity index (χ0n) is 13.5. The van der Waals surface area contributed by atoms with Crippen molar-refractivity contribution in [2.24, 2.45) is 0 Å². The molecule has 0 bridgehead atoms. The summed E-state index contributed by atoms with van der Waals surface area (Å²) in [5, 5.41) is 0.840. The van der Waals surface area contributed by atoms with Crippen molar-refractivity contribution in [1.29, 1.82) is 0 Å². The molecule has 0 N–H and O–H groups in total. The lowest BCUT2D eigenvalue weighted by atomic mass is 10.1. The highest BCUT2D eigenvalue weighted by Gasteiger charge is 2.29. The number of carbonyl (C=O) groups excluding carboxylic acids is 2. The normalized spacial score (nSPS) is 11.8. The number of hydrogen-bond donors (Lipinski definition) is 0. The van der Waals surface area contributed by atoms with Crippen molar-refractivity contribution in [1.82, 2.24) is 9.97 Å². The van der Waals surface area contributed by atoms with Gasteiger partial charge in [0.1, 0.15) is 0 Å². The van der Waals surface area contributed by atoms with E-state index in [1.54, 1.807) is 24.4 Å². The molecule has 132 valence electrons. The lowest BCUT2D eigenvalue weighted by molar-refractivity contribution is -0.151. The van der Waals surface area contributed by atoms with E-state index < -0.39 is 18.0 Å². The third kappa shape index (κ3) is 3.47. The van der Waals surface area contributed by atoms with E-state index in [0.717, 1.165) is 0 Å². The summed E-state index contributed by atoms with van der Waals surface area (Å²) in [6.07, 6.45) is 3.17. The Hall–Kier alpha value is -2.70. The van der Waals surface area contributed by atoms with E-state index >= 15 is 0 Å². The Bertz CT molecular complexity index is 989. The van der Waals surface area contributed by atoms with Crippen LogP contribution in [0.1, 0.15) is 22.0 Å². The summed E-state index contributed by atoms with van der Waals surface area (Å²) < 4.78 is 10.2. The SMILES string of the molecule is COC(=O)C(OC(=O)c1ccnc2ccncc12)c1cccc(Cl)c1Cl. The standard InChI is InChI=1S/C18H12Cl2N2O4/c1-25-18(24)16(11-3-2-4-13(19)15(11)20)26-17(23)10-5-8-22-14-6-7-21-9-12(10)14/h2-9,16H,1H3. The molecule has 2 aromatic heterocycles. The van der Waals surface area contributed by atoms with Gasteiger partial charge in [-0.2, -0.15) is 0 Å². The second-order valence-electron chi connectivity index (χ2n) is 5.20. The topological polar surface area (TPSA) is 78.4 Å². The molecule has 1 aromatic carbocycles. The fraction of sp³-hybridized carbons (Fsp3) is 0.111. The number of fused-ring (bicyclic) bond motifs is 1. The molecule has 1 unspecified atom stereocenters. The number of carbonyl (C=O) groups is 2. The minimum Gasteiger partial charge on any atom is -0.466 e. The number of methoxy groups -OCH3 is 1. The van der Waals surface area contributed by atoms with Gasteiger partial charge in [0.25, 0.3) is 0 Å². The van der Waals surface area contributed by atoms with Crippen LogP contribution in [0, 0.1) is 0 Å². The quantitative estimate of drug-likeness (QED) is 0.626. The molecular formula is C18H12Cl2N2O4. The molecule has 0 aliphatic rings. The van der Waals surface area contributed by atoms with Gasteiger partial charge in [-0.05, 0) is 18.2 Å². The van der Waals surface area contributed by atoms with Crippen LogP contribution in [0.3, 0.4) is 0 Å². The number of benzene rings is 1. The number of aromatic nitrogens is 2. The predicted molar refractivity (Wildman–Crippen MR) is 96.2 cm³/mol. The van der Waals surface area contributed by atoms with Crippen molar-refractivity contribution < 1.29 is 19.1 Å². The Morgan fingerprint density at radius 2 is 1.92 bits per heavy atom. The molecule has 3 rings (SSSR count). The van der Waals surface area contributed by atoms with Crippen molar-refractivity contribution in [3.8, 4) is 0 Å². The summed E-state index contributed by atoms with van der Waals surface area (Å²) in [4.78, 5) is 33.0. The van der Waals surface area contributed by atoms with Crippen LogP contribution in [0.2, 0.25) is 10.0 Å². The molecule has 26 heavy (non-hydrogen) atoms. The number of nitrogens with zero attached hydrogens (tertiary/aromatic N) is 2. The molecule has 6 nitrogen and oxygen atoms in total. The van der Waals surface area contributed by atoms with E-state index in [2.05, 4.69) is 9.97 Å². The molecule has 0 amide bonds. The fourth-order valence-corrected chi connectivity index (χ4v) is 2.81. The third-order valence-electron chi connectivity index (χ3n) is 3.67. The van der Waals surface area contributed by atoms with Crippen LogP contribution in [0.25, 0.3) is 10.9 Å². The average Bonchev–Trinajstić information content (AvgIpc) is 2.67. The van der Waals surface area contributed by atoms with Crippen LogP contribution in [-0.4, -0.2) is 29.0 Å². The van der Waals surface area contributed by atoms with Crippen LogP contribution < -0.4 is 0 Å². The highest BCUT2D eigenvalue weighted by atomic mass is 35.5. The summed E-state index contributed by atoms with van der Waals surface area (Å²) in [5.41, 5.74) is 1.02. The summed E-state index contributed by atoms with van der Waals surface area (Å²) in [6.45, 7) is 0. The Balaban J connectivity index is 2.00. The summed E-state index contributed by atoms with van der Waals surface area (Å²) in [5.74, 6) is -1.52. The second kappa shape index (κ2) is 7.68. The van der Waals surface area contributed by atoms with E-state index in [1.165, 1.54) is 31.6 Å². The van der Waals surface area contributed by atoms with Crippen molar-refractivity contribution in [3.63, 3.8) is 0 Å². The van der Waals surface area contributed by atoms with Gasteiger partial charge in [-0.1, -0.05) is 35.3 Å². The maximum Gasteiger partial charge on any atom is 0.352 e. The van der Waals surface area contributed by atoms with Gasteiger partial charge in [0, 0.05) is 29.5 Å². The lowest BCUT2D eigenvalue weighted by Gasteiger charge is -2.18. The van der Waals surface area contributed by atoms with Crippen molar-refractivity contribution in [3.05, 3.63) is 70.1 Å². The van der Waals surface area contributed by atoms with E-state index in [9.17, 15) is 9.59 Å². The van der Waals surface area contributed by atoms with Gasteiger partial charge in [0.2, 0.25) is 6.10 Å². The Morgan fingerprint density at radius 1 is 1.12 bits per heavy atom. The zero-order chi connectivity index (χ0) is 18.7. The predicted octanol–water partition coefficient (Wildman–Crippen LogP) is 4.01. The average molecular weight is 391 g/mol. The molecule has 8 heteroatoms. The smallest absolute Gasteiger partial charge is 0.352 e. The van der Waals surface area contributed by atoms with Crippen LogP contribution in [-0.2, 0) is 14.3 Å². The molecule has 0 spiro atoms. The molecule has 0 aliphatic heterocycles. The van der Waals surface area contributed by atoms with Gasteiger partial charge in [-0.3, -0.25) is 9.97 Å². The molecule has 0 saturated carbocycles. The first-order valence-corrected chi connectivity index (χ1v) is 8.20. The highest BCUT2D eigenvalue weighted by molar-refractivity contribution is 6.42. The minimum absolute atomic E-state index is 0.110. The van der Waals surface area contributed by atoms with E-state index in [4.69, 9.17) is 32.7 Å². The first kappa shape index (κ1) is 18.1. The van der Waals surface area contributed by atoms with Crippen molar-refractivity contribution in [2.75, 3.05) is 7.11 Å². The number of pyridine rings is 2. The number of esters is 2. The van der Waals surface area contributed by atoms with E-state index in [0.29, 0.717) is 10.9 Å². The number of ether oxygens (including phenoxy) is 2. The molecule has 2 heterocycles. The van der Waals surface area contributed by atoms with Crippen LogP contribution in [0.5, 0.6) is 0 Å². The van der Waals surface area contributed by atoms with Crippen LogP contribution in [0.4, 0.5) is 0 Å². The Morgan fingerprint density at radius 3 is 2.69 bits per heavy atom. The first-order valence-electron chi connectivity index (χ1n) is 7.44. The Labute approximate surface area is 158 Å². The molecule has 1 atom stereocenters. The molecule has 0 aliphatic carbocycles. The van der Waals surface area contributed by atoms with Gasteiger partial charge < -0.3 is 9.47 Å². The van der Waals surface area contributed by atoms with Gasteiger partial charge in [0.05, 0.1) is 28.2 Å². The molecule has 0 fully saturated rings. The third-order valence-corrected chi connectivity index (χ3v) is 4.50. The van der Waals surface area contributed by atoms with E-state index in [1.807, 2.05) is 0 Å².